The zero-order valence-electron chi connectivity index (χ0n) is 12.2. The van der Waals surface area contributed by atoms with Gasteiger partial charge in [-0.1, -0.05) is 0 Å². The molecular formula is C13H22N2O5S. The predicted molar refractivity (Wildman–Crippen MR) is 76.6 cm³/mol. The Morgan fingerprint density at radius 3 is 2.62 bits per heavy atom. The van der Waals surface area contributed by atoms with E-state index in [0.717, 1.165) is 13.0 Å². The molecule has 2 saturated heterocycles. The highest BCUT2D eigenvalue weighted by Crippen LogP contribution is 2.20. The Labute approximate surface area is 124 Å². The molecule has 0 aliphatic carbocycles. The number of rotatable bonds is 5. The molecule has 2 rings (SSSR count). The van der Waals surface area contributed by atoms with Crippen LogP contribution in [0.5, 0.6) is 0 Å². The molecule has 0 aromatic carbocycles. The monoisotopic (exact) mass is 318 g/mol. The molecular weight excluding hydrogens is 296 g/mol. The van der Waals surface area contributed by atoms with Crippen LogP contribution in [0.25, 0.3) is 0 Å². The van der Waals surface area contributed by atoms with Crippen LogP contribution >= 0.6 is 0 Å². The summed E-state index contributed by atoms with van der Waals surface area (Å²) in [6.07, 6.45) is 1.44. The van der Waals surface area contributed by atoms with E-state index in [0.29, 0.717) is 13.0 Å². The number of nitrogens with zero attached hydrogens (tertiary/aromatic N) is 2. The summed E-state index contributed by atoms with van der Waals surface area (Å²) in [4.78, 5) is 26.4. The summed E-state index contributed by atoms with van der Waals surface area (Å²) in [7, 11) is -1.34. The zero-order valence-corrected chi connectivity index (χ0v) is 13.0. The summed E-state index contributed by atoms with van der Waals surface area (Å²) in [5, 5.41) is 8.77. The molecule has 2 aliphatic heterocycles. The predicted octanol–water partition coefficient (Wildman–Crippen LogP) is -0.571. The number of carboxylic acids is 1. The molecule has 0 saturated carbocycles. The lowest BCUT2D eigenvalue weighted by molar-refractivity contribution is -0.138. The molecule has 21 heavy (non-hydrogen) atoms. The van der Waals surface area contributed by atoms with Gasteiger partial charge in [0.1, 0.15) is 0 Å². The van der Waals surface area contributed by atoms with Gasteiger partial charge in [-0.25, -0.2) is 8.42 Å². The van der Waals surface area contributed by atoms with Crippen LogP contribution in [0.2, 0.25) is 0 Å². The van der Waals surface area contributed by atoms with E-state index in [-0.39, 0.29) is 42.3 Å². The van der Waals surface area contributed by atoms with Gasteiger partial charge in [-0.05, 0) is 25.3 Å². The Kier molecular flexibility index (Phi) is 4.88. The third kappa shape index (κ3) is 4.41. The lowest BCUT2D eigenvalue weighted by Crippen LogP contribution is -2.43. The molecule has 2 fully saturated rings. The molecule has 0 aromatic heterocycles. The molecule has 7 nitrogen and oxygen atoms in total. The van der Waals surface area contributed by atoms with Gasteiger partial charge in [0, 0.05) is 26.1 Å². The number of hydrogen-bond acceptors (Lipinski definition) is 5. The summed E-state index contributed by atoms with van der Waals surface area (Å²) in [5.41, 5.74) is 0. The Bertz CT molecular complexity index is 519. The third-order valence-corrected chi connectivity index (χ3v) is 6.09. The van der Waals surface area contributed by atoms with Crippen LogP contribution in [0.3, 0.4) is 0 Å². The Hall–Kier alpha value is -1.15. The second-order valence-electron chi connectivity index (χ2n) is 6.05. The fraction of sp³-hybridized carbons (Fsp3) is 0.846. The number of sulfone groups is 1. The normalized spacial score (nSPS) is 28.6. The number of carbonyl (C=O) groups excluding carboxylic acids is 1. The van der Waals surface area contributed by atoms with E-state index in [2.05, 4.69) is 0 Å². The number of aliphatic carboxylic acids is 1. The Balaban J connectivity index is 1.81. The zero-order chi connectivity index (χ0) is 15.6. The summed E-state index contributed by atoms with van der Waals surface area (Å²) < 4.78 is 22.9. The largest absolute Gasteiger partial charge is 0.481 e. The van der Waals surface area contributed by atoms with Crippen molar-refractivity contribution in [3.05, 3.63) is 0 Å². The number of amides is 1. The molecule has 2 atom stereocenters. The summed E-state index contributed by atoms with van der Waals surface area (Å²) >= 11 is 0. The van der Waals surface area contributed by atoms with Gasteiger partial charge in [0.2, 0.25) is 5.91 Å². The van der Waals surface area contributed by atoms with E-state index in [4.69, 9.17) is 5.11 Å². The fourth-order valence-corrected chi connectivity index (χ4v) is 4.83. The smallest absolute Gasteiger partial charge is 0.303 e. The van der Waals surface area contributed by atoms with E-state index in [9.17, 15) is 18.0 Å². The first-order valence-electron chi connectivity index (χ1n) is 7.17. The van der Waals surface area contributed by atoms with Crippen LogP contribution in [-0.4, -0.2) is 79.4 Å². The quantitative estimate of drug-likeness (QED) is 0.729. The van der Waals surface area contributed by atoms with Gasteiger partial charge in [-0.15, -0.1) is 0 Å². The lowest BCUT2D eigenvalue weighted by atomic mass is 10.1. The second kappa shape index (κ2) is 6.31. The van der Waals surface area contributed by atoms with Gasteiger partial charge < -0.3 is 10.0 Å². The van der Waals surface area contributed by atoms with Crippen LogP contribution in [0.1, 0.15) is 19.3 Å². The minimum atomic E-state index is -3.00. The standard InChI is InChI=1S/C13H22N2O5S/c1-14(11-3-5-21(19,20)9-11)12(16)8-15-4-2-10(7-15)6-13(17)18/h10-11H,2-9H2,1H3,(H,17,18). The minimum Gasteiger partial charge on any atom is -0.481 e. The highest BCUT2D eigenvalue weighted by Gasteiger charge is 2.34. The fourth-order valence-electron chi connectivity index (χ4n) is 3.06. The van der Waals surface area contributed by atoms with E-state index >= 15 is 0 Å². The summed E-state index contributed by atoms with van der Waals surface area (Å²) in [5.74, 6) is -0.585. The van der Waals surface area contributed by atoms with Crippen LogP contribution < -0.4 is 0 Å². The number of hydrogen-bond donors (Lipinski definition) is 1. The molecule has 0 aromatic rings. The molecule has 2 aliphatic rings. The maximum Gasteiger partial charge on any atom is 0.303 e. The van der Waals surface area contributed by atoms with Gasteiger partial charge in [-0.3, -0.25) is 14.5 Å². The van der Waals surface area contributed by atoms with Crippen molar-refractivity contribution in [3.8, 4) is 0 Å². The summed E-state index contributed by atoms with van der Waals surface area (Å²) in [6.45, 7) is 1.58. The van der Waals surface area contributed by atoms with E-state index in [1.807, 2.05) is 4.90 Å². The van der Waals surface area contributed by atoms with Crippen molar-refractivity contribution in [2.45, 2.75) is 25.3 Å². The van der Waals surface area contributed by atoms with Gasteiger partial charge in [0.25, 0.3) is 0 Å². The van der Waals surface area contributed by atoms with Crippen molar-refractivity contribution < 1.29 is 23.1 Å². The molecule has 1 amide bonds. The van der Waals surface area contributed by atoms with Crippen molar-refractivity contribution >= 4 is 21.7 Å². The van der Waals surface area contributed by atoms with Crippen molar-refractivity contribution in [1.82, 2.24) is 9.80 Å². The van der Waals surface area contributed by atoms with Crippen molar-refractivity contribution in [1.29, 1.82) is 0 Å². The Morgan fingerprint density at radius 2 is 2.05 bits per heavy atom. The average Bonchev–Trinajstić information content (AvgIpc) is 2.94. The number of carbonyl (C=O) groups is 2. The highest BCUT2D eigenvalue weighted by molar-refractivity contribution is 7.91. The minimum absolute atomic E-state index is 0.0525. The first-order chi connectivity index (χ1) is 9.77. The topological polar surface area (TPSA) is 95.0 Å². The Morgan fingerprint density at radius 1 is 1.33 bits per heavy atom. The first kappa shape index (κ1) is 16.2. The number of likely N-dealkylation sites (N-methyl/N-ethyl adjacent to an activating group) is 1. The molecule has 0 bridgehead atoms. The SMILES string of the molecule is CN(C(=O)CN1CCC(CC(=O)O)C1)C1CCS(=O)(=O)C1. The highest BCUT2D eigenvalue weighted by atomic mass is 32.2. The molecule has 120 valence electrons. The molecule has 2 heterocycles. The van der Waals surface area contributed by atoms with Gasteiger partial charge in [0.05, 0.1) is 18.1 Å². The average molecular weight is 318 g/mol. The van der Waals surface area contributed by atoms with E-state index < -0.39 is 15.8 Å². The van der Waals surface area contributed by atoms with Gasteiger partial charge >= 0.3 is 5.97 Å². The van der Waals surface area contributed by atoms with Crippen molar-refractivity contribution in [2.24, 2.45) is 5.92 Å². The lowest BCUT2D eigenvalue weighted by Gasteiger charge is -2.26. The number of likely N-dealkylation sites (tertiary alicyclic amines) is 1. The van der Waals surface area contributed by atoms with Gasteiger partial charge in [0.15, 0.2) is 9.84 Å². The van der Waals surface area contributed by atoms with Crippen LogP contribution in [0, 0.1) is 5.92 Å². The molecule has 8 heteroatoms. The van der Waals surface area contributed by atoms with Crippen LogP contribution in [0.4, 0.5) is 0 Å². The second-order valence-corrected chi connectivity index (χ2v) is 8.28. The maximum absolute atomic E-state index is 12.2. The molecule has 0 spiro atoms. The van der Waals surface area contributed by atoms with E-state index in [1.54, 1.807) is 7.05 Å². The number of carboxylic acid groups (broad SMARTS) is 1. The van der Waals surface area contributed by atoms with Crippen molar-refractivity contribution in [2.75, 3.05) is 38.2 Å². The molecule has 1 N–H and O–H groups in total. The third-order valence-electron chi connectivity index (χ3n) is 4.34. The van der Waals surface area contributed by atoms with Crippen molar-refractivity contribution in [3.63, 3.8) is 0 Å². The van der Waals surface area contributed by atoms with Crippen LogP contribution in [0.15, 0.2) is 0 Å². The van der Waals surface area contributed by atoms with Crippen LogP contribution in [-0.2, 0) is 19.4 Å². The van der Waals surface area contributed by atoms with E-state index in [1.165, 1.54) is 4.90 Å². The molecule has 2 unspecified atom stereocenters. The maximum atomic E-state index is 12.2. The van der Waals surface area contributed by atoms with Gasteiger partial charge in [-0.2, -0.15) is 0 Å². The first-order valence-corrected chi connectivity index (χ1v) is 8.99. The molecule has 0 radical (unpaired) electrons. The summed E-state index contributed by atoms with van der Waals surface area (Å²) in [6, 6.07) is -0.222.